The summed E-state index contributed by atoms with van der Waals surface area (Å²) in [6.07, 6.45) is 0. The summed E-state index contributed by atoms with van der Waals surface area (Å²) in [5.74, 6) is 1.37. The third-order valence-electron chi connectivity index (χ3n) is 4.32. The van der Waals surface area contributed by atoms with Gasteiger partial charge in [-0.25, -0.2) is 4.98 Å². The van der Waals surface area contributed by atoms with Gasteiger partial charge in [-0.3, -0.25) is 4.79 Å². The first kappa shape index (κ1) is 16.8. The van der Waals surface area contributed by atoms with Gasteiger partial charge in [-0.05, 0) is 31.2 Å². The van der Waals surface area contributed by atoms with Crippen molar-refractivity contribution in [3.63, 3.8) is 0 Å². The highest BCUT2D eigenvalue weighted by atomic mass is 32.2. The van der Waals surface area contributed by atoms with Crippen molar-refractivity contribution >= 4 is 33.8 Å². The van der Waals surface area contributed by atoms with Gasteiger partial charge < -0.3 is 13.8 Å². The Morgan fingerprint density at radius 2 is 1.86 bits per heavy atom. The number of aryl methyl sites for hydroxylation is 1. The molecule has 0 amide bonds. The van der Waals surface area contributed by atoms with Gasteiger partial charge in [0, 0.05) is 10.9 Å². The molecule has 0 saturated heterocycles. The second-order valence-electron chi connectivity index (χ2n) is 6.32. The fraction of sp³-hybridized carbons (Fsp3) is 0.100. The number of furan rings is 1. The van der Waals surface area contributed by atoms with Gasteiger partial charge in [0.1, 0.15) is 16.9 Å². The number of nitrogens with one attached hydrogen (secondary N) is 1. The van der Waals surface area contributed by atoms with Crippen LogP contribution in [0.5, 0.6) is 0 Å². The van der Waals surface area contributed by atoms with Crippen molar-refractivity contribution in [3.8, 4) is 11.5 Å². The molecule has 7 nitrogen and oxygen atoms in total. The van der Waals surface area contributed by atoms with E-state index in [9.17, 15) is 4.79 Å². The topological polar surface area (TPSA) is 97.8 Å². The van der Waals surface area contributed by atoms with Gasteiger partial charge in [0.05, 0.1) is 5.75 Å². The zero-order chi connectivity index (χ0) is 19.1. The van der Waals surface area contributed by atoms with E-state index in [1.165, 1.54) is 11.8 Å². The number of thioether (sulfide) groups is 1. The molecule has 2 aromatic carbocycles. The van der Waals surface area contributed by atoms with Crippen LogP contribution in [0.2, 0.25) is 0 Å². The lowest BCUT2D eigenvalue weighted by Gasteiger charge is -1.98. The van der Waals surface area contributed by atoms with Crippen LogP contribution in [0.25, 0.3) is 33.5 Å². The van der Waals surface area contributed by atoms with Crippen LogP contribution in [0.3, 0.4) is 0 Å². The lowest BCUT2D eigenvalue weighted by Crippen LogP contribution is -2.10. The summed E-state index contributed by atoms with van der Waals surface area (Å²) < 4.78 is 11.3. The fourth-order valence-electron chi connectivity index (χ4n) is 2.93. The number of hydrogen-bond donors (Lipinski definition) is 1. The summed E-state index contributed by atoms with van der Waals surface area (Å²) in [6.45, 7) is 2.02. The molecule has 0 bridgehead atoms. The SMILES string of the molecule is Cc1ccc(-c2nnc(SCc3nc4c(oc5ccccc54)c(=O)[nH]3)o2)cc1. The largest absolute Gasteiger partial charge is 0.449 e. The maximum absolute atomic E-state index is 12.3. The molecule has 1 N–H and O–H groups in total. The van der Waals surface area contributed by atoms with Crippen molar-refractivity contribution in [1.82, 2.24) is 20.2 Å². The van der Waals surface area contributed by atoms with E-state index in [2.05, 4.69) is 20.2 Å². The Labute approximate surface area is 162 Å². The number of nitrogens with zero attached hydrogens (tertiary/aromatic N) is 3. The van der Waals surface area contributed by atoms with E-state index < -0.39 is 0 Å². The van der Waals surface area contributed by atoms with Gasteiger partial charge in [-0.1, -0.05) is 41.6 Å². The number of benzene rings is 2. The molecule has 3 heterocycles. The van der Waals surface area contributed by atoms with E-state index in [1.54, 1.807) is 0 Å². The summed E-state index contributed by atoms with van der Waals surface area (Å²) in [5.41, 5.74) is 3.15. The van der Waals surface area contributed by atoms with Crippen molar-refractivity contribution in [2.24, 2.45) is 0 Å². The van der Waals surface area contributed by atoms with Gasteiger partial charge in [0.2, 0.25) is 11.5 Å². The molecule has 0 aliphatic heterocycles. The summed E-state index contributed by atoms with van der Waals surface area (Å²) >= 11 is 1.31. The van der Waals surface area contributed by atoms with Crippen LogP contribution in [0.15, 0.2) is 67.4 Å². The van der Waals surface area contributed by atoms with Crippen molar-refractivity contribution in [2.75, 3.05) is 0 Å². The molecule has 28 heavy (non-hydrogen) atoms. The molecule has 0 unspecified atom stereocenters. The van der Waals surface area contributed by atoms with E-state index in [-0.39, 0.29) is 11.1 Å². The predicted molar refractivity (Wildman–Crippen MR) is 106 cm³/mol. The smallest absolute Gasteiger partial charge is 0.294 e. The van der Waals surface area contributed by atoms with Crippen LogP contribution < -0.4 is 5.56 Å². The highest BCUT2D eigenvalue weighted by Gasteiger charge is 2.14. The molecule has 8 heteroatoms. The van der Waals surface area contributed by atoms with Crippen LogP contribution in [-0.4, -0.2) is 20.2 Å². The van der Waals surface area contributed by atoms with Gasteiger partial charge in [-0.15, -0.1) is 10.2 Å². The molecule has 0 radical (unpaired) electrons. The van der Waals surface area contributed by atoms with Crippen molar-refractivity contribution in [1.29, 1.82) is 0 Å². The molecule has 0 spiro atoms. The number of hydrogen-bond acceptors (Lipinski definition) is 7. The van der Waals surface area contributed by atoms with Crippen molar-refractivity contribution < 1.29 is 8.83 Å². The van der Waals surface area contributed by atoms with Gasteiger partial charge in [0.15, 0.2) is 0 Å². The number of aromatic nitrogens is 4. The zero-order valence-electron chi connectivity index (χ0n) is 14.8. The third-order valence-corrected chi connectivity index (χ3v) is 5.15. The van der Waals surface area contributed by atoms with Gasteiger partial charge >= 0.3 is 0 Å². The molecule has 5 aromatic rings. The van der Waals surface area contributed by atoms with Gasteiger partial charge in [0.25, 0.3) is 10.8 Å². The summed E-state index contributed by atoms with van der Waals surface area (Å²) in [4.78, 5) is 19.7. The van der Waals surface area contributed by atoms with E-state index in [0.717, 1.165) is 16.5 Å². The quantitative estimate of drug-likeness (QED) is 0.456. The number of fused-ring (bicyclic) bond motifs is 3. The van der Waals surface area contributed by atoms with Crippen LogP contribution >= 0.6 is 11.8 Å². The Bertz CT molecular complexity index is 1350. The molecule has 0 aliphatic rings. The minimum absolute atomic E-state index is 0.231. The molecule has 0 aliphatic carbocycles. The van der Waals surface area contributed by atoms with E-state index >= 15 is 0 Å². The third kappa shape index (κ3) is 2.97. The van der Waals surface area contributed by atoms with E-state index in [1.807, 2.05) is 55.5 Å². The first-order valence-electron chi connectivity index (χ1n) is 8.61. The summed E-state index contributed by atoms with van der Waals surface area (Å²) in [5, 5.41) is 9.37. The maximum atomic E-state index is 12.3. The van der Waals surface area contributed by atoms with Crippen molar-refractivity contribution in [2.45, 2.75) is 17.9 Å². The lowest BCUT2D eigenvalue weighted by molar-refractivity contribution is 0.465. The molecule has 0 saturated carbocycles. The molecule has 3 aromatic heterocycles. The molecule has 138 valence electrons. The van der Waals surface area contributed by atoms with Crippen LogP contribution in [0.1, 0.15) is 11.4 Å². The Hall–Kier alpha value is -3.39. The van der Waals surface area contributed by atoms with E-state index in [4.69, 9.17) is 8.83 Å². The van der Waals surface area contributed by atoms with Crippen molar-refractivity contribution in [3.05, 3.63) is 70.3 Å². The minimum Gasteiger partial charge on any atom is -0.449 e. The highest BCUT2D eigenvalue weighted by Crippen LogP contribution is 2.27. The van der Waals surface area contributed by atoms with E-state index in [0.29, 0.717) is 33.8 Å². The normalized spacial score (nSPS) is 11.5. The Kier molecular flexibility index (Phi) is 3.98. The Morgan fingerprint density at radius 3 is 2.71 bits per heavy atom. The zero-order valence-corrected chi connectivity index (χ0v) is 15.6. The first-order chi connectivity index (χ1) is 13.7. The summed E-state index contributed by atoms with van der Waals surface area (Å²) in [6, 6.07) is 15.3. The molecule has 5 rings (SSSR count). The van der Waals surface area contributed by atoms with Crippen LogP contribution in [-0.2, 0) is 5.75 Å². The monoisotopic (exact) mass is 390 g/mol. The minimum atomic E-state index is -0.303. The Balaban J connectivity index is 1.41. The average molecular weight is 390 g/mol. The van der Waals surface area contributed by atoms with Gasteiger partial charge in [-0.2, -0.15) is 0 Å². The standard InChI is InChI=1S/C20H14N4O3S/c1-11-6-8-12(9-7-11)19-23-24-20(27-19)28-10-15-21-16-13-4-2-3-5-14(13)26-17(16)18(25)22-15/h2-9H,10H2,1H3,(H,21,22,25). The predicted octanol–water partition coefficient (Wildman–Crippen LogP) is 4.32. The first-order valence-corrected chi connectivity index (χ1v) is 9.60. The average Bonchev–Trinajstić information content (AvgIpc) is 3.32. The fourth-order valence-corrected chi connectivity index (χ4v) is 3.56. The molecular weight excluding hydrogens is 376 g/mol. The van der Waals surface area contributed by atoms with Crippen LogP contribution in [0.4, 0.5) is 0 Å². The molecule has 0 fully saturated rings. The Morgan fingerprint density at radius 1 is 1.04 bits per heavy atom. The maximum Gasteiger partial charge on any atom is 0.294 e. The number of rotatable bonds is 4. The second kappa shape index (κ2) is 6.65. The van der Waals surface area contributed by atoms with Crippen LogP contribution in [0, 0.1) is 6.92 Å². The molecular formula is C20H14N4O3S. The number of aromatic amines is 1. The second-order valence-corrected chi connectivity index (χ2v) is 7.24. The number of H-pyrrole nitrogens is 1. The summed E-state index contributed by atoms with van der Waals surface area (Å²) in [7, 11) is 0. The number of para-hydroxylation sites is 1. The highest BCUT2D eigenvalue weighted by molar-refractivity contribution is 7.98. The molecule has 0 atom stereocenters. The lowest BCUT2D eigenvalue weighted by atomic mass is 10.1.